The van der Waals surface area contributed by atoms with Crippen molar-refractivity contribution in [3.05, 3.63) is 45.3 Å². The number of carbonyl (C=O) groups is 1. The van der Waals surface area contributed by atoms with Crippen molar-refractivity contribution in [1.82, 2.24) is 0 Å². The molecule has 0 radical (unpaired) electrons. The third-order valence-corrected chi connectivity index (χ3v) is 7.80. The number of nitriles is 1. The van der Waals surface area contributed by atoms with Crippen LogP contribution in [0, 0.1) is 17.2 Å². The number of nitrogens with one attached hydrogen (secondary N) is 1. The lowest BCUT2D eigenvalue weighted by Crippen LogP contribution is -2.17. The monoisotopic (exact) mass is 422 g/mol. The zero-order valence-corrected chi connectivity index (χ0v) is 17.2. The van der Waals surface area contributed by atoms with Gasteiger partial charge in [-0.3, -0.25) is 4.79 Å². The highest BCUT2D eigenvalue weighted by atomic mass is 35.5. The van der Waals surface area contributed by atoms with Gasteiger partial charge in [0, 0.05) is 16.3 Å². The second-order valence-corrected chi connectivity index (χ2v) is 10.4. The zero-order chi connectivity index (χ0) is 19.6. The van der Waals surface area contributed by atoms with Crippen LogP contribution in [-0.4, -0.2) is 20.1 Å². The first-order valence-corrected chi connectivity index (χ1v) is 11.5. The van der Waals surface area contributed by atoms with Gasteiger partial charge in [-0.25, -0.2) is 8.42 Å². The molecule has 1 amide bonds. The lowest BCUT2D eigenvalue weighted by atomic mass is 9.89. The van der Waals surface area contributed by atoms with Crippen LogP contribution >= 0.6 is 22.9 Å². The number of nitrogens with zero attached hydrogens (tertiary/aromatic N) is 1. The predicted molar refractivity (Wildman–Crippen MR) is 107 cm³/mol. The highest BCUT2D eigenvalue weighted by Crippen LogP contribution is 2.39. The molecule has 3 rings (SSSR count). The molecule has 142 valence electrons. The van der Waals surface area contributed by atoms with E-state index < -0.39 is 15.7 Å². The Labute approximate surface area is 167 Å². The molecular formula is C19H19ClN2O3S2. The molecule has 5 nitrogen and oxygen atoms in total. The molecule has 27 heavy (non-hydrogen) atoms. The summed E-state index contributed by atoms with van der Waals surface area (Å²) in [5.41, 5.74) is 1.56. The minimum Gasteiger partial charge on any atom is -0.317 e. The average molecular weight is 423 g/mol. The van der Waals surface area contributed by atoms with E-state index in [9.17, 15) is 18.5 Å². The molecule has 1 N–H and O–H groups in total. The number of amides is 1. The third-order valence-electron chi connectivity index (χ3n) is 4.65. The Bertz CT molecular complexity index is 1000. The maximum absolute atomic E-state index is 12.3. The summed E-state index contributed by atoms with van der Waals surface area (Å²) >= 11 is 7.21. The summed E-state index contributed by atoms with van der Waals surface area (Å²) in [5, 5.41) is 13.2. The molecule has 1 aromatic carbocycles. The van der Waals surface area contributed by atoms with Gasteiger partial charge in [0.1, 0.15) is 11.1 Å². The molecule has 0 aliphatic heterocycles. The van der Waals surface area contributed by atoms with Crippen LogP contribution in [0.25, 0.3) is 0 Å². The average Bonchev–Trinajstić information content (AvgIpc) is 2.96. The normalized spacial score (nSPS) is 16.4. The van der Waals surface area contributed by atoms with E-state index >= 15 is 0 Å². The molecule has 0 saturated heterocycles. The fraction of sp³-hybridized carbons (Fsp3) is 0.368. The van der Waals surface area contributed by atoms with Crippen molar-refractivity contribution in [2.24, 2.45) is 5.92 Å². The number of hydrogen-bond donors (Lipinski definition) is 1. The highest BCUT2D eigenvalue weighted by Gasteiger charge is 2.25. The van der Waals surface area contributed by atoms with Crippen molar-refractivity contribution in [3.8, 4) is 6.07 Å². The Balaban J connectivity index is 1.68. The van der Waals surface area contributed by atoms with Gasteiger partial charge in [0.05, 0.1) is 16.2 Å². The van der Waals surface area contributed by atoms with Crippen molar-refractivity contribution < 1.29 is 13.2 Å². The van der Waals surface area contributed by atoms with E-state index in [1.54, 1.807) is 0 Å². The molecule has 0 spiro atoms. The van der Waals surface area contributed by atoms with Crippen LogP contribution in [-0.2, 0) is 27.5 Å². The molecular weight excluding hydrogens is 404 g/mol. The molecule has 1 aliphatic carbocycles. The summed E-state index contributed by atoms with van der Waals surface area (Å²) < 4.78 is 24.7. The number of thiophene rings is 1. The van der Waals surface area contributed by atoms with Gasteiger partial charge in [0.2, 0.25) is 5.91 Å². The van der Waals surface area contributed by atoms with Gasteiger partial charge in [-0.15, -0.1) is 11.3 Å². The molecule has 1 heterocycles. The molecule has 0 saturated carbocycles. The van der Waals surface area contributed by atoms with Gasteiger partial charge in [0.25, 0.3) is 0 Å². The molecule has 0 fully saturated rings. The number of benzene rings is 1. The van der Waals surface area contributed by atoms with Crippen LogP contribution in [0.5, 0.6) is 0 Å². The molecule has 8 heteroatoms. The number of rotatable bonds is 5. The van der Waals surface area contributed by atoms with Gasteiger partial charge in [0.15, 0.2) is 9.84 Å². The maximum Gasteiger partial charge on any atom is 0.226 e. The summed E-state index contributed by atoms with van der Waals surface area (Å²) in [7, 11) is -3.57. The number of sulfone groups is 1. The van der Waals surface area contributed by atoms with E-state index in [0.29, 0.717) is 21.5 Å². The quantitative estimate of drug-likeness (QED) is 0.782. The van der Waals surface area contributed by atoms with E-state index in [1.807, 2.05) is 0 Å². The summed E-state index contributed by atoms with van der Waals surface area (Å²) in [4.78, 5) is 13.6. The van der Waals surface area contributed by atoms with E-state index in [-0.39, 0.29) is 17.1 Å². The first-order chi connectivity index (χ1) is 12.8. The zero-order valence-electron chi connectivity index (χ0n) is 14.8. The Morgan fingerprint density at radius 3 is 2.74 bits per heavy atom. The number of fused-ring (bicyclic) bond motifs is 1. The molecule has 1 aliphatic rings. The summed E-state index contributed by atoms with van der Waals surface area (Å²) in [6.45, 7) is 2.18. The third kappa shape index (κ3) is 4.52. The van der Waals surface area contributed by atoms with E-state index in [4.69, 9.17) is 11.6 Å². The van der Waals surface area contributed by atoms with Gasteiger partial charge >= 0.3 is 0 Å². The standard InChI is InChI=1S/C19H19ClN2O3S2/c1-12-2-7-15-16(11-21)19(26-17(15)10-12)22-18(23)8-9-27(24,25)14-5-3-13(20)4-6-14/h3-6,12H,2,7-10H2,1H3,(H,22,23). The minimum atomic E-state index is -3.57. The first-order valence-electron chi connectivity index (χ1n) is 8.63. The van der Waals surface area contributed by atoms with Crippen LogP contribution in [0.1, 0.15) is 35.8 Å². The Morgan fingerprint density at radius 1 is 1.37 bits per heavy atom. The number of anilines is 1. The van der Waals surface area contributed by atoms with Crippen molar-refractivity contribution in [1.29, 1.82) is 5.26 Å². The Kier molecular flexibility index (Phi) is 5.89. The summed E-state index contributed by atoms with van der Waals surface area (Å²) in [6.07, 6.45) is 2.62. The molecule has 1 unspecified atom stereocenters. The number of halogens is 1. The largest absolute Gasteiger partial charge is 0.317 e. The lowest BCUT2D eigenvalue weighted by Gasteiger charge is -2.17. The van der Waals surface area contributed by atoms with Crippen LogP contribution in [0.2, 0.25) is 5.02 Å². The second-order valence-electron chi connectivity index (χ2n) is 6.74. The maximum atomic E-state index is 12.3. The van der Waals surface area contributed by atoms with Crippen LogP contribution in [0.4, 0.5) is 5.00 Å². The highest BCUT2D eigenvalue weighted by molar-refractivity contribution is 7.91. The van der Waals surface area contributed by atoms with Gasteiger partial charge in [-0.1, -0.05) is 18.5 Å². The molecule has 1 atom stereocenters. The molecule has 0 bridgehead atoms. The minimum absolute atomic E-state index is 0.137. The van der Waals surface area contributed by atoms with E-state index in [1.165, 1.54) is 35.6 Å². The SMILES string of the molecule is CC1CCc2c(sc(NC(=O)CCS(=O)(=O)c3ccc(Cl)cc3)c2C#N)C1. The van der Waals surface area contributed by atoms with Crippen molar-refractivity contribution in [2.45, 2.75) is 37.5 Å². The Morgan fingerprint density at radius 2 is 2.07 bits per heavy atom. The van der Waals surface area contributed by atoms with E-state index in [2.05, 4.69) is 18.3 Å². The fourth-order valence-corrected chi connectivity index (χ4v) is 5.88. The number of hydrogen-bond acceptors (Lipinski definition) is 5. The van der Waals surface area contributed by atoms with Crippen LogP contribution < -0.4 is 5.32 Å². The van der Waals surface area contributed by atoms with Crippen molar-refractivity contribution in [2.75, 3.05) is 11.1 Å². The first kappa shape index (κ1) is 19.9. The van der Waals surface area contributed by atoms with Gasteiger partial charge < -0.3 is 5.32 Å². The van der Waals surface area contributed by atoms with E-state index in [0.717, 1.165) is 29.7 Å². The van der Waals surface area contributed by atoms with Crippen LogP contribution in [0.15, 0.2) is 29.2 Å². The Hall–Kier alpha value is -1.88. The smallest absolute Gasteiger partial charge is 0.226 e. The molecule has 2 aromatic rings. The van der Waals surface area contributed by atoms with Crippen molar-refractivity contribution in [3.63, 3.8) is 0 Å². The van der Waals surface area contributed by atoms with Crippen LogP contribution in [0.3, 0.4) is 0 Å². The van der Waals surface area contributed by atoms with Crippen molar-refractivity contribution >= 4 is 43.7 Å². The fourth-order valence-electron chi connectivity index (χ4n) is 3.13. The van der Waals surface area contributed by atoms with Gasteiger partial charge in [-0.05, 0) is 55.0 Å². The number of carbonyl (C=O) groups excluding carboxylic acids is 1. The second kappa shape index (κ2) is 8.01. The summed E-state index contributed by atoms with van der Waals surface area (Å²) in [5.74, 6) is -0.142. The predicted octanol–water partition coefficient (Wildman–Crippen LogP) is 4.20. The topological polar surface area (TPSA) is 87.0 Å². The molecule has 1 aromatic heterocycles. The van der Waals surface area contributed by atoms with Gasteiger partial charge in [-0.2, -0.15) is 5.26 Å². The lowest BCUT2D eigenvalue weighted by molar-refractivity contribution is -0.115. The summed E-state index contributed by atoms with van der Waals surface area (Å²) in [6, 6.07) is 8.06.